The number of nitrogens with zero attached hydrogens (tertiary/aromatic N) is 1. The molecule has 118 valence electrons. The van der Waals surface area contributed by atoms with Crippen molar-refractivity contribution >= 4 is 37.7 Å². The molecule has 0 saturated heterocycles. The number of carbonyl (C=O) groups is 1. The van der Waals surface area contributed by atoms with Crippen LogP contribution < -0.4 is 15.4 Å². The van der Waals surface area contributed by atoms with Gasteiger partial charge < -0.3 is 10.6 Å². The molecular weight excluding hydrogens is 360 g/mol. The van der Waals surface area contributed by atoms with Crippen LogP contribution in [0.1, 0.15) is 24.2 Å². The van der Waals surface area contributed by atoms with Crippen LogP contribution in [0.3, 0.4) is 0 Å². The van der Waals surface area contributed by atoms with Gasteiger partial charge in [-0.3, -0.25) is 4.79 Å². The van der Waals surface area contributed by atoms with Gasteiger partial charge in [0.1, 0.15) is 5.82 Å². The van der Waals surface area contributed by atoms with Crippen LogP contribution in [-0.2, 0) is 10.0 Å². The van der Waals surface area contributed by atoms with Crippen molar-refractivity contribution in [3.05, 3.63) is 22.3 Å². The summed E-state index contributed by atoms with van der Waals surface area (Å²) in [5.74, 6) is 0.112. The molecule has 3 N–H and O–H groups in total. The number of hydrogen-bond acceptors (Lipinski definition) is 5. The molecule has 0 fully saturated rings. The largest absolute Gasteiger partial charge is 0.372 e. The number of anilines is 1. The van der Waals surface area contributed by atoms with Gasteiger partial charge in [0.15, 0.2) is 0 Å². The van der Waals surface area contributed by atoms with E-state index in [0.717, 1.165) is 6.26 Å². The van der Waals surface area contributed by atoms with E-state index in [1.165, 1.54) is 0 Å². The zero-order chi connectivity index (χ0) is 16.3. The second-order valence-electron chi connectivity index (χ2n) is 5.24. The molecular formula is C12H19BrN4O3S. The number of carbonyl (C=O) groups excluding carboxylic acids is 1. The smallest absolute Gasteiger partial charge is 0.255 e. The third-order valence-corrected chi connectivity index (χ3v) is 3.85. The average Bonchev–Trinajstić information content (AvgIpc) is 2.33. The number of rotatable bonds is 6. The van der Waals surface area contributed by atoms with Gasteiger partial charge in [-0.25, -0.2) is 18.1 Å². The molecule has 0 aliphatic heterocycles. The molecule has 0 saturated carbocycles. The number of nitrogens with one attached hydrogen (secondary N) is 3. The minimum absolute atomic E-state index is 0.147. The van der Waals surface area contributed by atoms with E-state index in [1.807, 2.05) is 0 Å². The topological polar surface area (TPSA) is 100 Å². The highest BCUT2D eigenvalue weighted by molar-refractivity contribution is 9.10. The van der Waals surface area contributed by atoms with Gasteiger partial charge in [0, 0.05) is 29.8 Å². The maximum atomic E-state index is 12.2. The molecule has 0 spiro atoms. The van der Waals surface area contributed by atoms with Crippen molar-refractivity contribution < 1.29 is 13.2 Å². The molecule has 1 rings (SSSR count). The number of pyridine rings is 1. The van der Waals surface area contributed by atoms with Gasteiger partial charge in [0.05, 0.1) is 11.8 Å². The number of hydrogen-bond donors (Lipinski definition) is 3. The maximum Gasteiger partial charge on any atom is 0.255 e. The van der Waals surface area contributed by atoms with Crippen LogP contribution in [0, 0.1) is 0 Å². The Bertz CT molecular complexity index is 631. The number of sulfonamides is 1. The average molecular weight is 379 g/mol. The van der Waals surface area contributed by atoms with Crippen LogP contribution in [-0.4, -0.2) is 44.7 Å². The van der Waals surface area contributed by atoms with E-state index in [9.17, 15) is 13.2 Å². The van der Waals surface area contributed by atoms with Crippen LogP contribution >= 0.6 is 15.9 Å². The van der Waals surface area contributed by atoms with Gasteiger partial charge in [0.25, 0.3) is 5.91 Å². The minimum Gasteiger partial charge on any atom is -0.372 e. The Balaban J connectivity index is 2.81. The second kappa shape index (κ2) is 6.71. The summed E-state index contributed by atoms with van der Waals surface area (Å²) in [5, 5.41) is 5.53. The first kappa shape index (κ1) is 17.9. The Morgan fingerprint density at radius 2 is 2.05 bits per heavy atom. The summed E-state index contributed by atoms with van der Waals surface area (Å²) < 4.78 is 25.7. The molecule has 0 radical (unpaired) electrons. The summed E-state index contributed by atoms with van der Waals surface area (Å²) in [5.41, 5.74) is -0.412. The molecule has 0 bridgehead atoms. The minimum atomic E-state index is -3.35. The molecule has 1 aromatic rings. The number of amides is 1. The Kier molecular flexibility index (Phi) is 5.71. The highest BCUT2D eigenvalue weighted by Crippen LogP contribution is 2.17. The van der Waals surface area contributed by atoms with Crippen molar-refractivity contribution in [3.8, 4) is 0 Å². The Morgan fingerprint density at radius 3 is 2.57 bits per heavy atom. The zero-order valence-corrected chi connectivity index (χ0v) is 14.7. The van der Waals surface area contributed by atoms with Crippen molar-refractivity contribution in [2.45, 2.75) is 19.4 Å². The maximum absolute atomic E-state index is 12.2. The lowest BCUT2D eigenvalue weighted by atomic mass is 10.1. The SMILES string of the molecule is CNc1ncc(Br)cc1C(=O)NCC(C)(C)NS(C)(=O)=O. The van der Waals surface area contributed by atoms with Gasteiger partial charge in [-0.1, -0.05) is 0 Å². The van der Waals surface area contributed by atoms with Crippen LogP contribution in [0.2, 0.25) is 0 Å². The third kappa shape index (κ3) is 5.98. The summed E-state index contributed by atoms with van der Waals surface area (Å²) in [6, 6.07) is 1.64. The molecule has 0 atom stereocenters. The van der Waals surface area contributed by atoms with E-state index in [4.69, 9.17) is 0 Å². The predicted molar refractivity (Wildman–Crippen MR) is 85.9 cm³/mol. The fourth-order valence-electron chi connectivity index (χ4n) is 1.75. The van der Waals surface area contributed by atoms with Crippen molar-refractivity contribution in [3.63, 3.8) is 0 Å². The summed E-state index contributed by atoms with van der Waals surface area (Å²) in [4.78, 5) is 16.3. The lowest BCUT2D eigenvalue weighted by Gasteiger charge is -2.25. The molecule has 21 heavy (non-hydrogen) atoms. The third-order valence-electron chi connectivity index (χ3n) is 2.49. The monoisotopic (exact) mass is 378 g/mol. The van der Waals surface area contributed by atoms with Crippen molar-refractivity contribution in [1.82, 2.24) is 15.0 Å². The summed E-state index contributed by atoms with van der Waals surface area (Å²) in [6.07, 6.45) is 2.66. The van der Waals surface area contributed by atoms with E-state index >= 15 is 0 Å². The van der Waals surface area contributed by atoms with Gasteiger partial charge >= 0.3 is 0 Å². The normalized spacial score (nSPS) is 12.0. The lowest BCUT2D eigenvalue weighted by Crippen LogP contribution is -2.51. The van der Waals surface area contributed by atoms with Crippen LogP contribution in [0.25, 0.3) is 0 Å². The zero-order valence-electron chi connectivity index (χ0n) is 12.3. The fourth-order valence-corrected chi connectivity index (χ4v) is 3.15. The second-order valence-corrected chi connectivity index (χ2v) is 7.90. The first-order valence-electron chi connectivity index (χ1n) is 6.14. The highest BCUT2D eigenvalue weighted by atomic mass is 79.9. The molecule has 7 nitrogen and oxygen atoms in total. The predicted octanol–water partition coefficient (Wildman–Crippen LogP) is 0.943. The quantitative estimate of drug-likeness (QED) is 0.683. The molecule has 1 amide bonds. The Labute approximate surface area is 133 Å². The van der Waals surface area contributed by atoms with E-state index in [1.54, 1.807) is 33.2 Å². The molecule has 0 aliphatic carbocycles. The van der Waals surface area contributed by atoms with E-state index in [0.29, 0.717) is 15.9 Å². The molecule has 9 heteroatoms. The van der Waals surface area contributed by atoms with E-state index in [-0.39, 0.29) is 12.5 Å². The van der Waals surface area contributed by atoms with Crippen LogP contribution in [0.15, 0.2) is 16.7 Å². The summed E-state index contributed by atoms with van der Waals surface area (Å²) in [7, 11) is -1.68. The molecule has 0 aromatic carbocycles. The first-order chi connectivity index (χ1) is 9.54. The molecule has 1 aromatic heterocycles. The number of halogens is 1. The Morgan fingerprint density at radius 1 is 1.43 bits per heavy atom. The fraction of sp³-hybridized carbons (Fsp3) is 0.500. The standard InChI is InChI=1S/C12H19BrN4O3S/c1-12(2,17-21(4,19)20)7-16-11(18)9-5-8(13)6-15-10(9)14-3/h5-6,17H,7H2,1-4H3,(H,14,15)(H,16,18). The molecule has 0 unspecified atom stereocenters. The van der Waals surface area contributed by atoms with Crippen molar-refractivity contribution in [2.24, 2.45) is 0 Å². The lowest BCUT2D eigenvalue weighted by molar-refractivity contribution is 0.0945. The van der Waals surface area contributed by atoms with Gasteiger partial charge in [-0.2, -0.15) is 0 Å². The van der Waals surface area contributed by atoms with Gasteiger partial charge in [0.2, 0.25) is 10.0 Å². The number of aromatic nitrogens is 1. The highest BCUT2D eigenvalue weighted by Gasteiger charge is 2.23. The van der Waals surface area contributed by atoms with Crippen LogP contribution in [0.5, 0.6) is 0 Å². The molecule has 1 heterocycles. The van der Waals surface area contributed by atoms with Crippen LogP contribution in [0.4, 0.5) is 5.82 Å². The van der Waals surface area contributed by atoms with Gasteiger partial charge in [-0.15, -0.1) is 0 Å². The van der Waals surface area contributed by atoms with Crippen molar-refractivity contribution in [2.75, 3.05) is 25.2 Å². The van der Waals surface area contributed by atoms with Gasteiger partial charge in [-0.05, 0) is 35.8 Å². The molecule has 0 aliphatic rings. The van der Waals surface area contributed by atoms with E-state index in [2.05, 4.69) is 36.3 Å². The van der Waals surface area contributed by atoms with Crippen molar-refractivity contribution in [1.29, 1.82) is 0 Å². The Hall–Kier alpha value is -1.19. The summed E-state index contributed by atoms with van der Waals surface area (Å²) in [6.45, 7) is 3.52. The summed E-state index contributed by atoms with van der Waals surface area (Å²) >= 11 is 3.26. The first-order valence-corrected chi connectivity index (χ1v) is 8.83. The van der Waals surface area contributed by atoms with E-state index < -0.39 is 15.6 Å².